The molecule has 0 spiro atoms. The molecule has 1 aliphatic carbocycles. The molecular formula is C25H32N4O. The van der Waals surface area contributed by atoms with Crippen molar-refractivity contribution in [3.05, 3.63) is 65.5 Å². The van der Waals surface area contributed by atoms with Crippen LogP contribution in [0.3, 0.4) is 0 Å². The summed E-state index contributed by atoms with van der Waals surface area (Å²) in [6, 6.07) is 15.9. The molecule has 1 amide bonds. The van der Waals surface area contributed by atoms with E-state index in [2.05, 4.69) is 77.5 Å². The fraction of sp³-hybridized carbons (Fsp3) is 0.520. The topological polar surface area (TPSA) is 66.1 Å². The van der Waals surface area contributed by atoms with Gasteiger partial charge in [-0.1, -0.05) is 37.3 Å². The lowest BCUT2D eigenvalue weighted by molar-refractivity contribution is -0.131. The Morgan fingerprint density at radius 1 is 1.07 bits per heavy atom. The van der Waals surface area contributed by atoms with E-state index in [0.717, 1.165) is 31.4 Å². The average Bonchev–Trinajstić information content (AvgIpc) is 3.16. The van der Waals surface area contributed by atoms with E-state index in [4.69, 9.17) is 0 Å². The number of amides is 1. The lowest BCUT2D eigenvalue weighted by Gasteiger charge is -2.45. The van der Waals surface area contributed by atoms with Crippen molar-refractivity contribution >= 4 is 5.91 Å². The molecule has 158 valence electrons. The molecule has 3 aliphatic rings. The molecule has 7 atom stereocenters. The number of aryl methyl sites for hydroxylation is 1. The van der Waals surface area contributed by atoms with Gasteiger partial charge in [0.25, 0.3) is 0 Å². The van der Waals surface area contributed by atoms with Gasteiger partial charge in [0.05, 0.1) is 6.04 Å². The Hall–Kier alpha value is -2.24. The Balaban J connectivity index is 1.35. The maximum Gasteiger partial charge on any atom is 0.223 e. The predicted molar refractivity (Wildman–Crippen MR) is 118 cm³/mol. The minimum absolute atomic E-state index is 0.0686. The van der Waals surface area contributed by atoms with Gasteiger partial charge in [0, 0.05) is 29.9 Å². The third-order valence-electron chi connectivity index (χ3n) is 7.68. The van der Waals surface area contributed by atoms with Crippen molar-refractivity contribution in [1.29, 1.82) is 0 Å². The van der Waals surface area contributed by atoms with Crippen LogP contribution in [0.15, 0.2) is 48.7 Å². The van der Waals surface area contributed by atoms with E-state index >= 15 is 0 Å². The van der Waals surface area contributed by atoms with E-state index < -0.39 is 0 Å². The van der Waals surface area contributed by atoms with Crippen molar-refractivity contribution in [3.8, 4) is 0 Å². The molecule has 7 unspecified atom stereocenters. The van der Waals surface area contributed by atoms with Crippen LogP contribution in [-0.4, -0.2) is 23.0 Å². The van der Waals surface area contributed by atoms with Crippen molar-refractivity contribution in [2.45, 2.75) is 63.6 Å². The Labute approximate surface area is 179 Å². The van der Waals surface area contributed by atoms with Crippen molar-refractivity contribution in [2.75, 3.05) is 0 Å². The molecule has 0 bridgehead atoms. The van der Waals surface area contributed by atoms with Crippen LogP contribution in [0.25, 0.3) is 0 Å². The number of fused-ring (bicyclic) bond motifs is 2. The van der Waals surface area contributed by atoms with Gasteiger partial charge in [-0.2, -0.15) is 0 Å². The molecule has 3 N–H and O–H groups in total. The largest absolute Gasteiger partial charge is 0.353 e. The first kappa shape index (κ1) is 19.7. The smallest absolute Gasteiger partial charge is 0.223 e. The van der Waals surface area contributed by atoms with Gasteiger partial charge in [-0.25, -0.2) is 5.43 Å². The van der Waals surface area contributed by atoms with Gasteiger partial charge in [-0.3, -0.25) is 15.2 Å². The van der Waals surface area contributed by atoms with Crippen LogP contribution in [-0.2, 0) is 4.79 Å². The van der Waals surface area contributed by atoms with Gasteiger partial charge in [-0.15, -0.1) is 0 Å². The number of carbonyl (C=O) groups excluding carboxylic acids is 1. The highest BCUT2D eigenvalue weighted by atomic mass is 16.2. The Morgan fingerprint density at radius 3 is 2.67 bits per heavy atom. The van der Waals surface area contributed by atoms with Crippen LogP contribution in [0.5, 0.6) is 0 Å². The molecule has 30 heavy (non-hydrogen) atoms. The fourth-order valence-corrected chi connectivity index (χ4v) is 6.21. The van der Waals surface area contributed by atoms with Gasteiger partial charge in [-0.05, 0) is 73.6 Å². The number of hydrogen-bond acceptors (Lipinski definition) is 4. The van der Waals surface area contributed by atoms with Gasteiger partial charge >= 0.3 is 0 Å². The van der Waals surface area contributed by atoms with Crippen LogP contribution >= 0.6 is 0 Å². The first-order valence-corrected chi connectivity index (χ1v) is 11.4. The lowest BCUT2D eigenvalue weighted by Crippen LogP contribution is -2.56. The van der Waals surface area contributed by atoms with E-state index in [1.807, 2.05) is 6.20 Å². The van der Waals surface area contributed by atoms with E-state index in [1.165, 1.54) is 11.1 Å². The van der Waals surface area contributed by atoms with Gasteiger partial charge in [0.1, 0.15) is 0 Å². The predicted octanol–water partition coefficient (Wildman–Crippen LogP) is 3.63. The molecule has 1 saturated carbocycles. The molecular weight excluding hydrogens is 372 g/mol. The highest BCUT2D eigenvalue weighted by Crippen LogP contribution is 2.46. The van der Waals surface area contributed by atoms with E-state index in [9.17, 15) is 4.79 Å². The van der Waals surface area contributed by atoms with Gasteiger partial charge in [0.2, 0.25) is 5.91 Å². The number of aromatic nitrogens is 1. The second-order valence-electron chi connectivity index (χ2n) is 9.38. The van der Waals surface area contributed by atoms with Crippen LogP contribution in [0.1, 0.15) is 61.4 Å². The second-order valence-corrected chi connectivity index (χ2v) is 9.38. The van der Waals surface area contributed by atoms with Crippen LogP contribution < -0.4 is 16.2 Å². The van der Waals surface area contributed by atoms with Crippen LogP contribution in [0.2, 0.25) is 0 Å². The van der Waals surface area contributed by atoms with Crippen molar-refractivity contribution in [3.63, 3.8) is 0 Å². The Morgan fingerprint density at radius 2 is 1.90 bits per heavy atom. The van der Waals surface area contributed by atoms with Crippen molar-refractivity contribution in [2.24, 2.45) is 17.8 Å². The molecule has 2 saturated heterocycles. The summed E-state index contributed by atoms with van der Waals surface area (Å²) in [5.41, 5.74) is 10.7. The maximum atomic E-state index is 13.1. The molecule has 1 aromatic carbocycles. The Kier molecular flexibility index (Phi) is 5.34. The van der Waals surface area contributed by atoms with Crippen molar-refractivity contribution < 1.29 is 4.79 Å². The molecule has 3 heterocycles. The van der Waals surface area contributed by atoms with Gasteiger partial charge < -0.3 is 5.32 Å². The number of nitrogens with zero attached hydrogens (tertiary/aromatic N) is 1. The maximum absolute atomic E-state index is 13.1. The average molecular weight is 405 g/mol. The normalized spacial score (nSPS) is 34.0. The van der Waals surface area contributed by atoms with Crippen LogP contribution in [0.4, 0.5) is 0 Å². The zero-order chi connectivity index (χ0) is 20.7. The number of pyridine rings is 1. The summed E-state index contributed by atoms with van der Waals surface area (Å²) < 4.78 is 0. The number of nitrogens with one attached hydrogen (secondary N) is 3. The summed E-state index contributed by atoms with van der Waals surface area (Å²) in [7, 11) is 0. The highest BCUT2D eigenvalue weighted by Gasteiger charge is 2.49. The minimum atomic E-state index is 0.0686. The third-order valence-corrected chi connectivity index (χ3v) is 7.68. The SMILES string of the molecule is CCC(c1ccccc1)C1CC2CC3C(CC2NC1=O)NNC3c1ccnc(C)c1. The molecule has 1 aromatic heterocycles. The quantitative estimate of drug-likeness (QED) is 0.728. The molecule has 5 heteroatoms. The fourth-order valence-electron chi connectivity index (χ4n) is 6.21. The summed E-state index contributed by atoms with van der Waals surface area (Å²) in [5, 5.41) is 3.41. The summed E-state index contributed by atoms with van der Waals surface area (Å²) in [4.78, 5) is 17.4. The third kappa shape index (κ3) is 3.54. The van der Waals surface area contributed by atoms with Gasteiger partial charge in [0.15, 0.2) is 0 Å². The minimum Gasteiger partial charge on any atom is -0.353 e. The number of hydrogen-bond donors (Lipinski definition) is 3. The monoisotopic (exact) mass is 404 g/mol. The molecule has 5 nitrogen and oxygen atoms in total. The number of hydrazine groups is 1. The number of piperidine rings is 1. The number of benzene rings is 1. The summed E-state index contributed by atoms with van der Waals surface area (Å²) in [6.07, 6.45) is 6.05. The zero-order valence-electron chi connectivity index (χ0n) is 17.8. The summed E-state index contributed by atoms with van der Waals surface area (Å²) in [5.74, 6) is 1.69. The summed E-state index contributed by atoms with van der Waals surface area (Å²) in [6.45, 7) is 4.26. The molecule has 0 radical (unpaired) electrons. The first-order chi connectivity index (χ1) is 14.6. The van der Waals surface area contributed by atoms with Crippen molar-refractivity contribution in [1.82, 2.24) is 21.2 Å². The molecule has 5 rings (SSSR count). The van der Waals surface area contributed by atoms with E-state index in [1.54, 1.807) is 0 Å². The van der Waals surface area contributed by atoms with Crippen LogP contribution in [0, 0.1) is 24.7 Å². The molecule has 2 aliphatic heterocycles. The van der Waals surface area contributed by atoms with E-state index in [-0.39, 0.29) is 17.9 Å². The molecule has 3 fully saturated rings. The second kappa shape index (κ2) is 8.12. The summed E-state index contributed by atoms with van der Waals surface area (Å²) >= 11 is 0. The molecule has 2 aromatic rings. The zero-order valence-corrected chi connectivity index (χ0v) is 17.8. The lowest BCUT2D eigenvalue weighted by atomic mass is 9.65. The van der Waals surface area contributed by atoms with E-state index in [0.29, 0.717) is 29.8 Å². The highest BCUT2D eigenvalue weighted by molar-refractivity contribution is 5.81. The number of carbonyl (C=O) groups is 1. The Bertz CT molecular complexity index is 901. The first-order valence-electron chi connectivity index (χ1n) is 11.4. The standard InChI is InChI=1S/C25H32N4O/c1-3-19(16-7-5-4-6-8-16)20-12-18-13-21-23(14-22(18)27-25(20)30)28-29-24(21)17-9-10-26-15(2)11-17/h4-11,18-24,28-29H,3,12-14H2,1-2H3,(H,27,30). The number of rotatable bonds is 4.